The molecule has 100 valence electrons. The third-order valence-electron chi connectivity index (χ3n) is 4.72. The van der Waals surface area contributed by atoms with Gasteiger partial charge in [0, 0.05) is 25.1 Å². The fraction of sp³-hybridized carbons (Fsp3) is 1.00. The van der Waals surface area contributed by atoms with Gasteiger partial charge in [-0.05, 0) is 38.1 Å². The molecule has 17 heavy (non-hydrogen) atoms. The predicted molar refractivity (Wildman–Crippen MR) is 72.1 cm³/mol. The van der Waals surface area contributed by atoms with Crippen molar-refractivity contribution in [1.29, 1.82) is 0 Å². The average Bonchev–Trinajstić information content (AvgIpc) is 3.16. The van der Waals surface area contributed by atoms with E-state index in [9.17, 15) is 5.11 Å². The average molecular weight is 239 g/mol. The number of rotatable bonds is 6. The number of aliphatic hydroxyl groups excluding tert-OH is 1. The molecule has 0 aromatic carbocycles. The summed E-state index contributed by atoms with van der Waals surface area (Å²) in [6.07, 6.45) is 10.7. The minimum atomic E-state index is 0.224. The second-order valence-corrected chi connectivity index (χ2v) is 6.34. The summed E-state index contributed by atoms with van der Waals surface area (Å²) < 4.78 is 0. The van der Waals surface area contributed by atoms with Gasteiger partial charge in [0.1, 0.15) is 0 Å². The Morgan fingerprint density at radius 1 is 1.12 bits per heavy atom. The first-order valence-electron chi connectivity index (χ1n) is 7.61. The maximum Gasteiger partial charge on any atom is 0.0499 e. The SMILES string of the molecule is CCN(CC1CC1)CC1(CO)CCCCCC1. The van der Waals surface area contributed by atoms with Crippen molar-refractivity contribution >= 4 is 0 Å². The summed E-state index contributed by atoms with van der Waals surface area (Å²) in [6, 6.07) is 0. The Morgan fingerprint density at radius 3 is 2.24 bits per heavy atom. The van der Waals surface area contributed by atoms with Crippen LogP contribution in [0.4, 0.5) is 0 Å². The van der Waals surface area contributed by atoms with Crippen LogP contribution in [0.15, 0.2) is 0 Å². The second kappa shape index (κ2) is 6.19. The fourth-order valence-electron chi connectivity index (χ4n) is 3.29. The van der Waals surface area contributed by atoms with Crippen LogP contribution < -0.4 is 0 Å². The van der Waals surface area contributed by atoms with Crippen LogP contribution in [0, 0.1) is 11.3 Å². The molecule has 2 aliphatic rings. The second-order valence-electron chi connectivity index (χ2n) is 6.34. The van der Waals surface area contributed by atoms with Crippen LogP contribution >= 0.6 is 0 Å². The lowest BCUT2D eigenvalue weighted by atomic mass is 9.80. The molecule has 0 saturated heterocycles. The van der Waals surface area contributed by atoms with Crippen molar-refractivity contribution in [3.63, 3.8) is 0 Å². The Bertz CT molecular complexity index is 217. The van der Waals surface area contributed by atoms with Gasteiger partial charge in [0.25, 0.3) is 0 Å². The van der Waals surface area contributed by atoms with Crippen LogP contribution in [0.25, 0.3) is 0 Å². The highest BCUT2D eigenvalue weighted by molar-refractivity contribution is 4.86. The van der Waals surface area contributed by atoms with E-state index in [-0.39, 0.29) is 5.41 Å². The van der Waals surface area contributed by atoms with Crippen LogP contribution in [0.3, 0.4) is 0 Å². The molecule has 1 N–H and O–H groups in total. The highest BCUT2D eigenvalue weighted by Crippen LogP contribution is 2.37. The van der Waals surface area contributed by atoms with Gasteiger partial charge >= 0.3 is 0 Å². The van der Waals surface area contributed by atoms with Gasteiger partial charge in [-0.2, -0.15) is 0 Å². The summed E-state index contributed by atoms with van der Waals surface area (Å²) >= 11 is 0. The molecule has 2 saturated carbocycles. The molecule has 0 bridgehead atoms. The van der Waals surface area contributed by atoms with E-state index in [1.165, 1.54) is 57.9 Å². The van der Waals surface area contributed by atoms with E-state index in [0.717, 1.165) is 19.0 Å². The van der Waals surface area contributed by atoms with Crippen LogP contribution in [0.1, 0.15) is 58.3 Å². The molecule has 2 fully saturated rings. The molecule has 0 heterocycles. The van der Waals surface area contributed by atoms with E-state index < -0.39 is 0 Å². The summed E-state index contributed by atoms with van der Waals surface area (Å²) in [5.74, 6) is 0.969. The molecule has 2 heteroatoms. The van der Waals surface area contributed by atoms with E-state index in [1.54, 1.807) is 0 Å². The monoisotopic (exact) mass is 239 g/mol. The third kappa shape index (κ3) is 3.96. The maximum absolute atomic E-state index is 9.83. The van der Waals surface area contributed by atoms with Crippen molar-refractivity contribution in [3.8, 4) is 0 Å². The number of aliphatic hydroxyl groups is 1. The first-order chi connectivity index (χ1) is 8.28. The molecular weight excluding hydrogens is 210 g/mol. The Balaban J connectivity index is 1.89. The topological polar surface area (TPSA) is 23.5 Å². The van der Waals surface area contributed by atoms with Gasteiger partial charge in [0.2, 0.25) is 0 Å². The summed E-state index contributed by atoms with van der Waals surface area (Å²) in [4.78, 5) is 2.60. The van der Waals surface area contributed by atoms with E-state index >= 15 is 0 Å². The lowest BCUT2D eigenvalue weighted by Gasteiger charge is -2.36. The Morgan fingerprint density at radius 2 is 1.76 bits per heavy atom. The van der Waals surface area contributed by atoms with Crippen LogP contribution in [0.2, 0.25) is 0 Å². The van der Waals surface area contributed by atoms with Gasteiger partial charge in [0.15, 0.2) is 0 Å². The number of nitrogens with zero attached hydrogens (tertiary/aromatic N) is 1. The highest BCUT2D eigenvalue weighted by Gasteiger charge is 2.33. The van der Waals surface area contributed by atoms with Gasteiger partial charge in [0.05, 0.1) is 0 Å². The summed E-state index contributed by atoms with van der Waals surface area (Å²) in [6.45, 7) is 6.23. The summed E-state index contributed by atoms with van der Waals surface area (Å²) in [7, 11) is 0. The zero-order valence-corrected chi connectivity index (χ0v) is 11.5. The van der Waals surface area contributed by atoms with Crippen molar-refractivity contribution in [1.82, 2.24) is 4.90 Å². The Hall–Kier alpha value is -0.0800. The fourth-order valence-corrected chi connectivity index (χ4v) is 3.29. The van der Waals surface area contributed by atoms with Crippen LogP contribution in [-0.2, 0) is 0 Å². The van der Waals surface area contributed by atoms with Crippen molar-refractivity contribution in [2.45, 2.75) is 58.3 Å². The Kier molecular flexibility index (Phi) is 4.87. The standard InChI is InChI=1S/C15H29NO/c1-2-16(11-14-7-8-14)12-15(13-17)9-5-3-4-6-10-15/h14,17H,2-13H2,1H3. The van der Waals surface area contributed by atoms with Crippen LogP contribution in [-0.4, -0.2) is 36.2 Å². The van der Waals surface area contributed by atoms with Gasteiger partial charge in [-0.1, -0.05) is 32.6 Å². The van der Waals surface area contributed by atoms with E-state index in [4.69, 9.17) is 0 Å². The molecular formula is C15H29NO. The smallest absolute Gasteiger partial charge is 0.0499 e. The van der Waals surface area contributed by atoms with E-state index in [0.29, 0.717) is 6.61 Å². The van der Waals surface area contributed by atoms with Crippen molar-refractivity contribution in [2.24, 2.45) is 11.3 Å². The molecule has 0 unspecified atom stereocenters. The lowest BCUT2D eigenvalue weighted by molar-refractivity contribution is 0.0595. The molecule has 0 amide bonds. The molecule has 0 aromatic heterocycles. The molecule has 0 radical (unpaired) electrons. The molecule has 0 spiro atoms. The number of hydrogen-bond acceptors (Lipinski definition) is 2. The zero-order valence-electron chi connectivity index (χ0n) is 11.5. The van der Waals surface area contributed by atoms with Crippen molar-refractivity contribution < 1.29 is 5.11 Å². The van der Waals surface area contributed by atoms with Gasteiger partial charge < -0.3 is 10.0 Å². The first kappa shape index (κ1) is 13.4. The summed E-state index contributed by atoms with van der Waals surface area (Å²) in [5, 5.41) is 9.83. The number of hydrogen-bond donors (Lipinski definition) is 1. The quantitative estimate of drug-likeness (QED) is 0.720. The van der Waals surface area contributed by atoms with Crippen LogP contribution in [0.5, 0.6) is 0 Å². The van der Waals surface area contributed by atoms with Gasteiger partial charge in [-0.3, -0.25) is 0 Å². The molecule has 2 aliphatic carbocycles. The third-order valence-corrected chi connectivity index (χ3v) is 4.72. The van der Waals surface area contributed by atoms with Gasteiger partial charge in [-0.25, -0.2) is 0 Å². The van der Waals surface area contributed by atoms with Crippen molar-refractivity contribution in [3.05, 3.63) is 0 Å². The molecule has 0 aromatic rings. The van der Waals surface area contributed by atoms with E-state index in [2.05, 4.69) is 11.8 Å². The first-order valence-corrected chi connectivity index (χ1v) is 7.61. The van der Waals surface area contributed by atoms with Crippen molar-refractivity contribution in [2.75, 3.05) is 26.2 Å². The summed E-state index contributed by atoms with van der Waals surface area (Å²) in [5.41, 5.74) is 0.224. The molecule has 2 rings (SSSR count). The minimum Gasteiger partial charge on any atom is -0.396 e. The maximum atomic E-state index is 9.83. The minimum absolute atomic E-state index is 0.224. The highest BCUT2D eigenvalue weighted by atomic mass is 16.3. The van der Waals surface area contributed by atoms with Gasteiger partial charge in [-0.15, -0.1) is 0 Å². The largest absolute Gasteiger partial charge is 0.396 e. The molecule has 2 nitrogen and oxygen atoms in total. The normalized spacial score (nSPS) is 24.9. The van der Waals surface area contributed by atoms with E-state index in [1.807, 2.05) is 0 Å². The molecule has 0 atom stereocenters. The zero-order chi connectivity index (χ0) is 12.1. The lowest BCUT2D eigenvalue weighted by Crippen LogP contribution is -2.41. The molecule has 0 aliphatic heterocycles. The predicted octanol–water partition coefficient (Wildman–Crippen LogP) is 3.05. The Labute approximate surface area is 106 Å².